The van der Waals surface area contributed by atoms with Crippen LogP contribution in [0.2, 0.25) is 0 Å². The molecular weight excluding hydrogens is 296 g/mol. The van der Waals surface area contributed by atoms with Crippen molar-refractivity contribution in [2.45, 2.75) is 38.8 Å². The SMILES string of the molecule is Cc1ccc(CNc2c3c(nc4ccccc24)CCCC3O)cc1. The molecule has 1 aliphatic rings. The fourth-order valence-electron chi connectivity index (χ4n) is 3.52. The third-order valence-corrected chi connectivity index (χ3v) is 4.82. The van der Waals surface area contributed by atoms with Crippen molar-refractivity contribution >= 4 is 16.6 Å². The van der Waals surface area contributed by atoms with Gasteiger partial charge in [0.15, 0.2) is 0 Å². The molecule has 0 amide bonds. The molecule has 0 radical (unpaired) electrons. The normalized spacial score (nSPS) is 16.8. The highest BCUT2D eigenvalue weighted by atomic mass is 16.3. The van der Waals surface area contributed by atoms with Gasteiger partial charge >= 0.3 is 0 Å². The Kier molecular flexibility index (Phi) is 3.95. The first-order valence-electron chi connectivity index (χ1n) is 8.61. The molecule has 1 heterocycles. The molecule has 0 spiro atoms. The van der Waals surface area contributed by atoms with E-state index < -0.39 is 6.10 Å². The number of para-hydroxylation sites is 1. The molecule has 1 atom stereocenters. The summed E-state index contributed by atoms with van der Waals surface area (Å²) in [5, 5.41) is 15.2. The van der Waals surface area contributed by atoms with Crippen molar-refractivity contribution < 1.29 is 5.11 Å². The average Bonchev–Trinajstić information content (AvgIpc) is 2.60. The molecule has 3 nitrogen and oxygen atoms in total. The predicted octanol–water partition coefficient (Wildman–Crippen LogP) is 4.53. The van der Waals surface area contributed by atoms with E-state index in [0.29, 0.717) is 0 Å². The van der Waals surface area contributed by atoms with Crippen LogP contribution >= 0.6 is 0 Å². The standard InChI is InChI=1S/C21H22N2O/c1-14-9-11-15(12-10-14)13-22-21-16-5-2-3-6-17(16)23-18-7-4-8-19(24)20(18)21/h2-3,5-6,9-12,19,24H,4,7-8,13H2,1H3,(H,22,23). The van der Waals surface area contributed by atoms with E-state index in [4.69, 9.17) is 4.98 Å². The Labute approximate surface area is 142 Å². The monoisotopic (exact) mass is 318 g/mol. The Bertz CT molecular complexity index is 871. The zero-order valence-electron chi connectivity index (χ0n) is 13.9. The Hall–Kier alpha value is -2.39. The van der Waals surface area contributed by atoms with Gasteiger partial charge in [0.2, 0.25) is 0 Å². The maximum atomic E-state index is 10.6. The maximum absolute atomic E-state index is 10.6. The zero-order valence-corrected chi connectivity index (χ0v) is 13.9. The van der Waals surface area contributed by atoms with E-state index in [2.05, 4.69) is 42.6 Å². The molecule has 4 rings (SSSR count). The average molecular weight is 318 g/mol. The van der Waals surface area contributed by atoms with Crippen molar-refractivity contribution in [2.24, 2.45) is 0 Å². The first-order valence-corrected chi connectivity index (χ1v) is 8.61. The third kappa shape index (κ3) is 2.76. The van der Waals surface area contributed by atoms with Crippen LogP contribution in [0, 0.1) is 6.92 Å². The molecule has 2 aromatic carbocycles. The number of fused-ring (bicyclic) bond motifs is 2. The lowest BCUT2D eigenvalue weighted by Crippen LogP contribution is -2.15. The smallest absolute Gasteiger partial charge is 0.0828 e. The van der Waals surface area contributed by atoms with Crippen molar-refractivity contribution in [3.63, 3.8) is 0 Å². The van der Waals surface area contributed by atoms with Crippen molar-refractivity contribution in [1.82, 2.24) is 4.98 Å². The number of nitrogens with one attached hydrogen (secondary N) is 1. The summed E-state index contributed by atoms with van der Waals surface area (Å²) in [6.07, 6.45) is 2.32. The van der Waals surface area contributed by atoms with E-state index in [9.17, 15) is 5.11 Å². The summed E-state index contributed by atoms with van der Waals surface area (Å²) in [6, 6.07) is 16.7. The zero-order chi connectivity index (χ0) is 16.5. The number of rotatable bonds is 3. The van der Waals surface area contributed by atoms with E-state index in [1.807, 2.05) is 18.2 Å². The summed E-state index contributed by atoms with van der Waals surface area (Å²) < 4.78 is 0. The van der Waals surface area contributed by atoms with Crippen molar-refractivity contribution in [3.05, 3.63) is 70.9 Å². The predicted molar refractivity (Wildman–Crippen MR) is 98.1 cm³/mol. The number of benzene rings is 2. The van der Waals surface area contributed by atoms with Gasteiger partial charge in [-0.25, -0.2) is 0 Å². The van der Waals surface area contributed by atoms with Gasteiger partial charge in [-0.3, -0.25) is 4.98 Å². The van der Waals surface area contributed by atoms with Crippen LogP contribution in [0.1, 0.15) is 41.3 Å². The van der Waals surface area contributed by atoms with Crippen LogP contribution in [0.4, 0.5) is 5.69 Å². The van der Waals surface area contributed by atoms with Gasteiger partial charge in [0.1, 0.15) is 0 Å². The molecule has 0 saturated heterocycles. The number of aryl methyl sites for hydroxylation is 2. The third-order valence-electron chi connectivity index (χ3n) is 4.82. The Balaban J connectivity index is 1.77. The highest BCUT2D eigenvalue weighted by Gasteiger charge is 2.24. The lowest BCUT2D eigenvalue weighted by atomic mass is 9.90. The molecular formula is C21H22N2O. The first kappa shape index (κ1) is 15.2. The topological polar surface area (TPSA) is 45.2 Å². The summed E-state index contributed by atoms with van der Waals surface area (Å²) in [5.41, 5.74) is 6.58. The second-order valence-corrected chi connectivity index (χ2v) is 6.61. The number of pyridine rings is 1. The second kappa shape index (κ2) is 6.25. The fraction of sp³-hybridized carbons (Fsp3) is 0.286. The number of aromatic nitrogens is 1. The van der Waals surface area contributed by atoms with Crippen LogP contribution in [-0.4, -0.2) is 10.1 Å². The highest BCUT2D eigenvalue weighted by Crippen LogP contribution is 2.38. The van der Waals surface area contributed by atoms with Gasteiger partial charge in [0.25, 0.3) is 0 Å². The number of hydrogen-bond acceptors (Lipinski definition) is 3. The van der Waals surface area contributed by atoms with Gasteiger partial charge in [-0.15, -0.1) is 0 Å². The molecule has 122 valence electrons. The highest BCUT2D eigenvalue weighted by molar-refractivity contribution is 5.93. The lowest BCUT2D eigenvalue weighted by Gasteiger charge is -2.25. The van der Waals surface area contributed by atoms with Gasteiger partial charge in [0.05, 0.1) is 17.3 Å². The second-order valence-electron chi connectivity index (χ2n) is 6.61. The molecule has 1 unspecified atom stereocenters. The fourth-order valence-corrected chi connectivity index (χ4v) is 3.52. The number of anilines is 1. The molecule has 0 fully saturated rings. The summed E-state index contributed by atoms with van der Waals surface area (Å²) in [6.45, 7) is 2.84. The van der Waals surface area contributed by atoms with Crippen molar-refractivity contribution in [1.29, 1.82) is 0 Å². The van der Waals surface area contributed by atoms with Crippen LogP contribution in [-0.2, 0) is 13.0 Å². The quantitative estimate of drug-likeness (QED) is 0.746. The molecule has 24 heavy (non-hydrogen) atoms. The minimum absolute atomic E-state index is 0.425. The van der Waals surface area contributed by atoms with Crippen LogP contribution in [0.3, 0.4) is 0 Å². The van der Waals surface area contributed by atoms with Crippen LogP contribution in [0.15, 0.2) is 48.5 Å². The maximum Gasteiger partial charge on any atom is 0.0828 e. The first-order chi connectivity index (χ1) is 11.7. The molecule has 3 aromatic rings. The van der Waals surface area contributed by atoms with E-state index in [1.54, 1.807) is 0 Å². The summed E-state index contributed by atoms with van der Waals surface area (Å²) in [4.78, 5) is 4.79. The lowest BCUT2D eigenvalue weighted by molar-refractivity contribution is 0.156. The van der Waals surface area contributed by atoms with E-state index in [0.717, 1.165) is 53.7 Å². The molecule has 1 aliphatic carbocycles. The van der Waals surface area contributed by atoms with E-state index >= 15 is 0 Å². The van der Waals surface area contributed by atoms with Crippen LogP contribution in [0.25, 0.3) is 10.9 Å². The largest absolute Gasteiger partial charge is 0.388 e. The molecule has 3 heteroatoms. The summed E-state index contributed by atoms with van der Waals surface area (Å²) >= 11 is 0. The van der Waals surface area contributed by atoms with Crippen LogP contribution < -0.4 is 5.32 Å². The molecule has 0 saturated carbocycles. The van der Waals surface area contributed by atoms with Crippen molar-refractivity contribution in [3.8, 4) is 0 Å². The molecule has 0 aliphatic heterocycles. The van der Waals surface area contributed by atoms with Gasteiger partial charge in [-0.1, -0.05) is 48.0 Å². The summed E-state index contributed by atoms with van der Waals surface area (Å²) in [7, 11) is 0. The van der Waals surface area contributed by atoms with E-state index in [-0.39, 0.29) is 0 Å². The minimum Gasteiger partial charge on any atom is -0.388 e. The Morgan fingerprint density at radius 1 is 1.12 bits per heavy atom. The summed E-state index contributed by atoms with van der Waals surface area (Å²) in [5.74, 6) is 0. The molecule has 2 N–H and O–H groups in total. The van der Waals surface area contributed by atoms with Gasteiger partial charge < -0.3 is 10.4 Å². The Morgan fingerprint density at radius 2 is 1.92 bits per heavy atom. The number of hydrogen-bond donors (Lipinski definition) is 2. The number of aliphatic hydroxyl groups excluding tert-OH is 1. The molecule has 1 aromatic heterocycles. The van der Waals surface area contributed by atoms with Gasteiger partial charge in [-0.05, 0) is 37.8 Å². The number of aliphatic hydroxyl groups is 1. The Morgan fingerprint density at radius 3 is 2.75 bits per heavy atom. The van der Waals surface area contributed by atoms with Gasteiger partial charge in [-0.2, -0.15) is 0 Å². The molecule has 0 bridgehead atoms. The number of nitrogens with zero attached hydrogens (tertiary/aromatic N) is 1. The van der Waals surface area contributed by atoms with Crippen molar-refractivity contribution in [2.75, 3.05) is 5.32 Å². The van der Waals surface area contributed by atoms with Gasteiger partial charge in [0, 0.05) is 23.2 Å². The van der Waals surface area contributed by atoms with Crippen LogP contribution in [0.5, 0.6) is 0 Å². The minimum atomic E-state index is -0.425. The van der Waals surface area contributed by atoms with E-state index in [1.165, 1.54) is 11.1 Å².